The summed E-state index contributed by atoms with van der Waals surface area (Å²) >= 11 is 0. The van der Waals surface area contributed by atoms with E-state index in [1.165, 1.54) is 38.5 Å². The van der Waals surface area contributed by atoms with E-state index in [4.69, 9.17) is 9.47 Å². The lowest BCUT2D eigenvalue weighted by Crippen LogP contribution is -2.55. The van der Waals surface area contributed by atoms with Gasteiger partial charge in [-0.05, 0) is 74.0 Å². The van der Waals surface area contributed by atoms with Gasteiger partial charge in [-0.2, -0.15) is 0 Å². The summed E-state index contributed by atoms with van der Waals surface area (Å²) in [4.78, 5) is 12.1. The summed E-state index contributed by atoms with van der Waals surface area (Å²) in [6.45, 7) is 10.8. The molecule has 0 aromatic rings. The number of carbonyl (C=O) groups excluding carboxylic acids is 1. The summed E-state index contributed by atoms with van der Waals surface area (Å²) in [5.41, 5.74) is 0.595. The molecule has 4 saturated carbocycles. The number of rotatable bonds is 0. The van der Waals surface area contributed by atoms with E-state index >= 15 is 0 Å². The molecule has 1 aliphatic heterocycles. The van der Waals surface area contributed by atoms with E-state index in [9.17, 15) is 4.79 Å². The highest BCUT2D eigenvalue weighted by Gasteiger charge is 2.67. The highest BCUT2D eigenvalue weighted by atomic mass is 16.7. The van der Waals surface area contributed by atoms with E-state index in [0.29, 0.717) is 11.2 Å². The molecular formula is C25H48O3. The summed E-state index contributed by atoms with van der Waals surface area (Å²) in [6, 6.07) is 0. The molecule has 1 spiro atoms. The lowest BCUT2D eigenvalue weighted by molar-refractivity contribution is -0.246. The van der Waals surface area contributed by atoms with Gasteiger partial charge in [0, 0.05) is 29.0 Å². The summed E-state index contributed by atoms with van der Waals surface area (Å²) in [7, 11) is 0. The second-order valence-electron chi connectivity index (χ2n) is 10.9. The van der Waals surface area contributed by atoms with E-state index in [0.717, 1.165) is 69.0 Å². The number of Topliss-reactive ketones (excluding diaryl/α,β-unsaturated/α-hetero) is 1. The molecule has 5 fully saturated rings. The number of ketones is 1. The van der Waals surface area contributed by atoms with Gasteiger partial charge in [0.1, 0.15) is 5.78 Å². The molecule has 28 heavy (non-hydrogen) atoms. The Morgan fingerprint density at radius 1 is 0.893 bits per heavy atom. The predicted octanol–water partition coefficient (Wildman–Crippen LogP) is 6.89. The Labute approximate surface area is 176 Å². The third-order valence-electron chi connectivity index (χ3n) is 9.58. The fourth-order valence-electron chi connectivity index (χ4n) is 8.15. The van der Waals surface area contributed by atoms with Gasteiger partial charge in [0.25, 0.3) is 0 Å². The van der Waals surface area contributed by atoms with Gasteiger partial charge in [0.2, 0.25) is 0 Å². The summed E-state index contributed by atoms with van der Waals surface area (Å²) in [5, 5.41) is 0. The molecule has 5 rings (SSSR count). The third kappa shape index (κ3) is 3.02. The van der Waals surface area contributed by atoms with Gasteiger partial charge >= 0.3 is 0 Å². The van der Waals surface area contributed by atoms with Crippen molar-refractivity contribution in [1.82, 2.24) is 0 Å². The number of carbonyl (C=O) groups is 1. The van der Waals surface area contributed by atoms with E-state index in [1.54, 1.807) is 0 Å². The highest BCUT2D eigenvalue weighted by Crippen LogP contribution is 2.69. The van der Waals surface area contributed by atoms with Crippen LogP contribution in [0.4, 0.5) is 0 Å². The Morgan fingerprint density at radius 2 is 1.57 bits per heavy atom. The minimum Gasteiger partial charge on any atom is -0.347 e. The van der Waals surface area contributed by atoms with Crippen LogP contribution in [0.1, 0.15) is 103 Å². The van der Waals surface area contributed by atoms with Gasteiger partial charge in [-0.25, -0.2) is 0 Å². The average Bonchev–Trinajstić information content (AvgIpc) is 3.22. The average molecular weight is 397 g/mol. The zero-order chi connectivity index (χ0) is 20.0. The van der Waals surface area contributed by atoms with Crippen LogP contribution < -0.4 is 0 Å². The van der Waals surface area contributed by atoms with Gasteiger partial charge in [0.05, 0.1) is 13.2 Å². The van der Waals surface area contributed by atoms with E-state index in [-0.39, 0.29) is 15.5 Å². The van der Waals surface area contributed by atoms with E-state index < -0.39 is 0 Å². The molecule has 0 amide bonds. The maximum Gasteiger partial charge on any atom is 0.174 e. The lowest BCUT2D eigenvalue weighted by atomic mass is 9.46. The first-order chi connectivity index (χ1) is 13.4. The van der Waals surface area contributed by atoms with Gasteiger partial charge < -0.3 is 9.47 Å². The first-order valence-corrected chi connectivity index (χ1v) is 12.2. The zero-order valence-corrected chi connectivity index (χ0v) is 18.7. The van der Waals surface area contributed by atoms with Crippen molar-refractivity contribution in [3.8, 4) is 0 Å². The largest absolute Gasteiger partial charge is 0.347 e. The van der Waals surface area contributed by atoms with Crippen LogP contribution in [0.3, 0.4) is 0 Å². The molecular weight excluding hydrogens is 348 g/mol. The molecule has 0 aromatic heterocycles. The number of hydrogen-bond acceptors (Lipinski definition) is 3. The Hall–Kier alpha value is -0.410. The molecule has 1 saturated heterocycles. The fraction of sp³-hybridized carbons (Fsp3) is 0.960. The number of fused-ring (bicyclic) bond motifs is 6. The molecule has 5 aliphatic rings. The second kappa shape index (κ2) is 7.69. The summed E-state index contributed by atoms with van der Waals surface area (Å²) in [5.74, 6) is 3.40. The Balaban J connectivity index is 0.000000760. The van der Waals surface area contributed by atoms with Crippen LogP contribution in [0, 0.1) is 34.5 Å². The standard InChI is InChI=1S/C22H34O3.C3H8.3H2/c1-20-10-7-16(23)5-3-15(20)4-6-17-18(20)8-11-21(2)19(17)9-12-22(21)24-13-14-25-22;1-3-2;;;/h15,17-19H,3-14H2,1-2H3;3H2,1-2H3;3*1H/t15?,17-,18?,19?,20+,21+;;;;/m1..../s1. The van der Waals surface area contributed by atoms with Crippen molar-refractivity contribution >= 4 is 5.78 Å². The molecule has 166 valence electrons. The predicted molar refractivity (Wildman–Crippen MR) is 118 cm³/mol. The van der Waals surface area contributed by atoms with Gasteiger partial charge in [0.15, 0.2) is 5.79 Å². The highest BCUT2D eigenvalue weighted by molar-refractivity contribution is 5.78. The van der Waals surface area contributed by atoms with E-state index in [1.807, 2.05) is 0 Å². The van der Waals surface area contributed by atoms with Crippen molar-refractivity contribution in [2.24, 2.45) is 34.5 Å². The van der Waals surface area contributed by atoms with Crippen molar-refractivity contribution in [1.29, 1.82) is 0 Å². The quantitative estimate of drug-likeness (QED) is 0.447. The van der Waals surface area contributed by atoms with Crippen LogP contribution in [0.5, 0.6) is 0 Å². The zero-order valence-electron chi connectivity index (χ0n) is 18.7. The molecule has 4 aliphatic carbocycles. The monoisotopic (exact) mass is 396 g/mol. The Morgan fingerprint density at radius 3 is 2.29 bits per heavy atom. The molecule has 0 aromatic carbocycles. The Bertz CT molecular complexity index is 595. The van der Waals surface area contributed by atoms with Crippen LogP contribution >= 0.6 is 0 Å². The van der Waals surface area contributed by atoms with Crippen molar-refractivity contribution in [2.45, 2.75) is 104 Å². The molecule has 3 heteroatoms. The van der Waals surface area contributed by atoms with Crippen molar-refractivity contribution in [2.75, 3.05) is 13.2 Å². The first-order valence-electron chi connectivity index (χ1n) is 12.2. The van der Waals surface area contributed by atoms with Gasteiger partial charge in [-0.1, -0.05) is 34.1 Å². The molecule has 3 unspecified atom stereocenters. The summed E-state index contributed by atoms with van der Waals surface area (Å²) < 4.78 is 12.5. The maximum atomic E-state index is 12.1. The maximum absolute atomic E-state index is 12.1. The number of hydrogen-bond donors (Lipinski definition) is 0. The van der Waals surface area contributed by atoms with Crippen LogP contribution in [0.25, 0.3) is 0 Å². The minimum absolute atomic E-state index is 0. The smallest absolute Gasteiger partial charge is 0.174 e. The van der Waals surface area contributed by atoms with Crippen LogP contribution in [0.15, 0.2) is 0 Å². The minimum atomic E-state index is -0.278. The van der Waals surface area contributed by atoms with Crippen LogP contribution in [0.2, 0.25) is 0 Å². The molecule has 0 bridgehead atoms. The van der Waals surface area contributed by atoms with Crippen molar-refractivity contribution in [3.63, 3.8) is 0 Å². The normalized spacial score (nSPS) is 46.8. The summed E-state index contributed by atoms with van der Waals surface area (Å²) in [6.07, 6.45) is 12.8. The van der Waals surface area contributed by atoms with Crippen molar-refractivity contribution in [3.05, 3.63) is 0 Å². The topological polar surface area (TPSA) is 35.5 Å². The Kier molecular flexibility index (Phi) is 5.72. The molecule has 6 atom stereocenters. The fourth-order valence-corrected chi connectivity index (χ4v) is 8.15. The van der Waals surface area contributed by atoms with Gasteiger partial charge in [-0.15, -0.1) is 0 Å². The molecule has 1 heterocycles. The SMILES string of the molecule is CCC.C[C@]12CCC(=O)CCC1CC[C@@H]1C2CC[C@@]2(C)C1CCC21OCCO1.[HH].[HH].[HH]. The van der Waals surface area contributed by atoms with Gasteiger partial charge in [-0.3, -0.25) is 4.79 Å². The molecule has 3 nitrogen and oxygen atoms in total. The lowest BCUT2D eigenvalue weighted by Gasteiger charge is -2.59. The number of ether oxygens (including phenoxy) is 2. The third-order valence-corrected chi connectivity index (χ3v) is 9.58. The van der Waals surface area contributed by atoms with E-state index in [2.05, 4.69) is 27.7 Å². The van der Waals surface area contributed by atoms with Crippen molar-refractivity contribution < 1.29 is 18.5 Å². The second-order valence-corrected chi connectivity index (χ2v) is 10.9. The van der Waals surface area contributed by atoms with Crippen LogP contribution in [-0.4, -0.2) is 24.8 Å². The van der Waals surface area contributed by atoms with Crippen LogP contribution in [-0.2, 0) is 14.3 Å². The molecule has 0 N–H and O–H groups in total. The first kappa shape index (κ1) is 20.8. The molecule has 0 radical (unpaired) electrons.